The fourth-order valence-corrected chi connectivity index (χ4v) is 8.78. The molecule has 1 N–H and O–H groups in total. The molecule has 0 saturated carbocycles. The fraction of sp³-hybridized carbons (Fsp3) is 0.233. The number of hydrogen-bond donors (Lipinski definition) is 1. The van der Waals surface area contributed by atoms with Crippen molar-refractivity contribution in [2.75, 3.05) is 0 Å². The van der Waals surface area contributed by atoms with Crippen LogP contribution in [-0.4, -0.2) is 44.4 Å². The summed E-state index contributed by atoms with van der Waals surface area (Å²) in [4.78, 5) is 33.3. The Morgan fingerprint density at radius 1 is 1.03 bits per heavy atom. The Morgan fingerprint density at radius 3 is 2.18 bits per heavy atom. The van der Waals surface area contributed by atoms with E-state index in [0.717, 1.165) is 25.7 Å². The maximum atomic E-state index is 13.8. The number of aliphatic hydroxyl groups excluding tert-OH is 1. The van der Waals surface area contributed by atoms with Gasteiger partial charge >= 0.3 is 5.97 Å². The van der Waals surface area contributed by atoms with Crippen molar-refractivity contribution in [1.82, 2.24) is 9.88 Å². The van der Waals surface area contributed by atoms with Gasteiger partial charge in [-0.05, 0) is 53.5 Å². The molecule has 1 aliphatic heterocycles. The normalized spacial score (nSPS) is 18.6. The highest BCUT2D eigenvalue weighted by atomic mass is 33.1. The molecule has 1 aromatic heterocycles. The highest BCUT2D eigenvalue weighted by Crippen LogP contribution is 2.48. The third-order valence-electron chi connectivity index (χ3n) is 6.54. The Morgan fingerprint density at radius 2 is 1.62 bits per heavy atom. The fourth-order valence-electron chi connectivity index (χ4n) is 4.63. The summed E-state index contributed by atoms with van der Waals surface area (Å²) in [6.45, 7) is 7.36. The molecule has 4 atom stereocenters. The zero-order valence-corrected chi connectivity index (χ0v) is 23.9. The van der Waals surface area contributed by atoms with Crippen molar-refractivity contribution in [2.24, 2.45) is 5.92 Å². The van der Waals surface area contributed by atoms with Crippen LogP contribution in [0, 0.1) is 5.92 Å². The lowest BCUT2D eigenvalue weighted by Gasteiger charge is -2.50. The number of benzene rings is 3. The monoisotopic (exact) mass is 576 g/mol. The first-order chi connectivity index (χ1) is 18.8. The number of esters is 1. The number of rotatable bonds is 10. The van der Waals surface area contributed by atoms with Crippen LogP contribution >= 0.6 is 32.9 Å². The maximum absolute atomic E-state index is 13.8. The predicted molar refractivity (Wildman–Crippen MR) is 158 cm³/mol. The van der Waals surface area contributed by atoms with Crippen LogP contribution in [0.25, 0.3) is 10.2 Å². The summed E-state index contributed by atoms with van der Waals surface area (Å²) in [5.74, 6) is -1.51. The minimum Gasteiger partial charge on any atom is -0.451 e. The maximum Gasteiger partial charge on any atom is 0.334 e. The standard InChI is InChI=1S/C30H28N2O4S3/c1-18(2)25(29(35)36-26(20-12-6-4-7-13-20)21-14-8-5-9-15-21)32-27(34)24(19(3)33)28(32)38-39-30-31-22-16-10-11-17-23(22)37-30/h4-17,19,24-26,28,33H,1H2,2-3H3/t19-,24?,25?,28?/m0/s1. The first kappa shape index (κ1) is 27.5. The number of ether oxygens (including phenoxy) is 1. The first-order valence-corrected chi connectivity index (χ1v) is 15.5. The van der Waals surface area contributed by atoms with Gasteiger partial charge in [0, 0.05) is 0 Å². The van der Waals surface area contributed by atoms with Crippen LogP contribution in [0.1, 0.15) is 31.1 Å². The Hall–Kier alpha value is -3.11. The van der Waals surface area contributed by atoms with Crippen LogP contribution in [0.4, 0.5) is 0 Å². The number of thiazole rings is 1. The van der Waals surface area contributed by atoms with Gasteiger partial charge in [0.2, 0.25) is 5.91 Å². The van der Waals surface area contributed by atoms with Crippen LogP contribution in [-0.2, 0) is 14.3 Å². The third-order valence-corrected chi connectivity index (χ3v) is 10.6. The topological polar surface area (TPSA) is 79.7 Å². The van der Waals surface area contributed by atoms with Crippen molar-refractivity contribution < 1.29 is 19.4 Å². The molecular weight excluding hydrogens is 549 g/mol. The average Bonchev–Trinajstić information content (AvgIpc) is 3.35. The molecule has 0 bridgehead atoms. The van der Waals surface area contributed by atoms with Crippen LogP contribution in [0.15, 0.2) is 101 Å². The summed E-state index contributed by atoms with van der Waals surface area (Å²) in [7, 11) is 2.86. The number of amides is 1. The number of para-hydroxylation sites is 1. The number of likely N-dealkylation sites (tertiary alicyclic amines) is 1. The first-order valence-electron chi connectivity index (χ1n) is 12.5. The lowest BCUT2D eigenvalue weighted by molar-refractivity contribution is -0.171. The number of β-lactam (4-membered cyclic amide) rings is 1. The van der Waals surface area contributed by atoms with Gasteiger partial charge < -0.3 is 14.7 Å². The zero-order chi connectivity index (χ0) is 27.5. The minimum atomic E-state index is -0.990. The van der Waals surface area contributed by atoms with Crippen molar-refractivity contribution in [2.45, 2.75) is 41.8 Å². The van der Waals surface area contributed by atoms with Gasteiger partial charge in [0.25, 0.3) is 0 Å². The number of carbonyl (C=O) groups excluding carboxylic acids is 2. The van der Waals surface area contributed by atoms with Crippen molar-refractivity contribution >= 4 is 55.0 Å². The number of nitrogens with zero attached hydrogens (tertiary/aromatic N) is 2. The molecule has 0 aliphatic carbocycles. The second kappa shape index (κ2) is 12.0. The molecule has 200 valence electrons. The molecule has 5 rings (SSSR count). The molecule has 9 heteroatoms. The Labute approximate surface area is 239 Å². The quantitative estimate of drug-likeness (QED) is 0.100. The SMILES string of the molecule is C=C(C)C(C(=O)OC(c1ccccc1)c1ccccc1)N1C(=O)C([C@H](C)O)C1SSc1nc2ccccc2s1. The molecule has 4 aromatic rings. The van der Waals surface area contributed by atoms with Gasteiger partial charge in [0.05, 0.1) is 22.2 Å². The molecule has 1 amide bonds. The van der Waals surface area contributed by atoms with E-state index in [1.807, 2.05) is 84.9 Å². The lowest BCUT2D eigenvalue weighted by atomic mass is 9.89. The summed E-state index contributed by atoms with van der Waals surface area (Å²) in [6.07, 6.45) is -1.51. The Kier molecular flexibility index (Phi) is 8.42. The molecule has 1 fully saturated rings. The highest BCUT2D eigenvalue weighted by molar-refractivity contribution is 8.77. The van der Waals surface area contributed by atoms with E-state index >= 15 is 0 Å². The van der Waals surface area contributed by atoms with E-state index in [2.05, 4.69) is 11.6 Å². The summed E-state index contributed by atoms with van der Waals surface area (Å²) in [5.41, 5.74) is 3.06. The molecule has 0 radical (unpaired) electrons. The molecular formula is C30H28N2O4S3. The summed E-state index contributed by atoms with van der Waals surface area (Å²) < 4.78 is 8.03. The smallest absolute Gasteiger partial charge is 0.334 e. The van der Waals surface area contributed by atoms with Crippen LogP contribution in [0.5, 0.6) is 0 Å². The van der Waals surface area contributed by atoms with Gasteiger partial charge in [0.15, 0.2) is 16.5 Å². The molecule has 1 saturated heterocycles. The van der Waals surface area contributed by atoms with E-state index in [0.29, 0.717) is 5.57 Å². The van der Waals surface area contributed by atoms with Crippen molar-refractivity contribution in [3.05, 3.63) is 108 Å². The van der Waals surface area contributed by atoms with Gasteiger partial charge in [0.1, 0.15) is 5.37 Å². The summed E-state index contributed by atoms with van der Waals surface area (Å²) in [5, 5.41) is 9.96. The van der Waals surface area contributed by atoms with Crippen molar-refractivity contribution in [3.63, 3.8) is 0 Å². The Balaban J connectivity index is 1.39. The van der Waals surface area contributed by atoms with Crippen LogP contribution < -0.4 is 0 Å². The van der Waals surface area contributed by atoms with Crippen LogP contribution in [0.3, 0.4) is 0 Å². The van der Waals surface area contributed by atoms with E-state index in [1.54, 1.807) is 25.2 Å². The largest absolute Gasteiger partial charge is 0.451 e. The predicted octanol–water partition coefficient (Wildman–Crippen LogP) is 6.48. The van der Waals surface area contributed by atoms with Gasteiger partial charge in [-0.15, -0.1) is 11.3 Å². The summed E-state index contributed by atoms with van der Waals surface area (Å²) in [6, 6.07) is 25.9. The molecule has 1 aliphatic rings. The number of aromatic nitrogens is 1. The van der Waals surface area contributed by atoms with Crippen molar-refractivity contribution in [3.8, 4) is 0 Å². The molecule has 3 unspecified atom stereocenters. The van der Waals surface area contributed by atoms with E-state index < -0.39 is 35.5 Å². The highest BCUT2D eigenvalue weighted by Gasteiger charge is 2.55. The minimum absolute atomic E-state index is 0.298. The number of carbonyl (C=O) groups is 2. The lowest BCUT2D eigenvalue weighted by Crippen LogP contribution is -2.67. The van der Waals surface area contributed by atoms with Gasteiger partial charge in [-0.2, -0.15) is 0 Å². The average molecular weight is 577 g/mol. The molecule has 2 heterocycles. The Bertz CT molecular complexity index is 1400. The number of hydrogen-bond acceptors (Lipinski definition) is 8. The molecule has 3 aromatic carbocycles. The van der Waals surface area contributed by atoms with E-state index in [4.69, 9.17) is 4.74 Å². The number of aliphatic hydroxyl groups is 1. The van der Waals surface area contributed by atoms with Gasteiger partial charge in [-0.1, -0.05) is 90.2 Å². The third kappa shape index (κ3) is 5.77. The second-order valence-electron chi connectivity index (χ2n) is 9.42. The van der Waals surface area contributed by atoms with Crippen LogP contribution in [0.2, 0.25) is 0 Å². The summed E-state index contributed by atoms with van der Waals surface area (Å²) >= 11 is 1.57. The van der Waals surface area contributed by atoms with Crippen molar-refractivity contribution in [1.29, 1.82) is 0 Å². The van der Waals surface area contributed by atoms with Gasteiger partial charge in [-0.25, -0.2) is 9.78 Å². The van der Waals surface area contributed by atoms with Gasteiger partial charge in [-0.3, -0.25) is 4.79 Å². The second-order valence-corrected chi connectivity index (χ2v) is 13.0. The molecule has 39 heavy (non-hydrogen) atoms. The zero-order valence-electron chi connectivity index (χ0n) is 21.5. The van der Waals surface area contributed by atoms with E-state index in [1.165, 1.54) is 26.5 Å². The van der Waals surface area contributed by atoms with E-state index in [9.17, 15) is 14.7 Å². The molecule has 0 spiro atoms. The van der Waals surface area contributed by atoms with E-state index in [-0.39, 0.29) is 5.91 Å². The number of fused-ring (bicyclic) bond motifs is 1. The molecule has 6 nitrogen and oxygen atoms in total.